The highest BCUT2D eigenvalue weighted by Gasteiger charge is 2.27. The van der Waals surface area contributed by atoms with Gasteiger partial charge in [-0.15, -0.1) is 0 Å². The van der Waals surface area contributed by atoms with Crippen LogP contribution in [0.4, 0.5) is 6.01 Å². The van der Waals surface area contributed by atoms with Crippen molar-refractivity contribution in [3.05, 3.63) is 60.3 Å². The Balaban J connectivity index is 1.16. The number of hydrazine groups is 1. The van der Waals surface area contributed by atoms with Gasteiger partial charge in [0.2, 0.25) is 5.91 Å². The summed E-state index contributed by atoms with van der Waals surface area (Å²) in [6, 6.07) is 15.8. The topological polar surface area (TPSA) is 103 Å². The normalized spacial score (nSPS) is 14.9. The number of oxazole rings is 1. The van der Waals surface area contributed by atoms with Gasteiger partial charge in [-0.05, 0) is 31.0 Å². The van der Waals surface area contributed by atoms with Gasteiger partial charge in [-0.2, -0.15) is 4.98 Å². The number of aromatic amines is 1. The zero-order valence-corrected chi connectivity index (χ0v) is 16.2. The molecule has 0 spiro atoms. The molecular weight excluding hydrogens is 382 g/mol. The third-order valence-corrected chi connectivity index (χ3v) is 5.55. The van der Waals surface area contributed by atoms with Crippen molar-refractivity contribution < 1.29 is 14.0 Å². The van der Waals surface area contributed by atoms with Crippen LogP contribution in [0, 0.1) is 5.92 Å². The molecule has 1 aliphatic heterocycles. The zero-order chi connectivity index (χ0) is 20.5. The summed E-state index contributed by atoms with van der Waals surface area (Å²) in [5.74, 6) is -0.695. The van der Waals surface area contributed by atoms with Gasteiger partial charge in [0.1, 0.15) is 5.52 Å². The van der Waals surface area contributed by atoms with Crippen LogP contribution in [0.5, 0.6) is 0 Å². The second-order valence-electron chi connectivity index (χ2n) is 7.42. The molecule has 2 aromatic heterocycles. The molecule has 8 heteroatoms. The lowest BCUT2D eigenvalue weighted by molar-refractivity contribution is -0.126. The molecule has 1 aliphatic rings. The number of nitrogens with zero attached hydrogens (tertiary/aromatic N) is 2. The van der Waals surface area contributed by atoms with Gasteiger partial charge in [-0.25, -0.2) is 0 Å². The number of amides is 2. The van der Waals surface area contributed by atoms with Crippen LogP contribution in [0.1, 0.15) is 23.2 Å². The Hall–Kier alpha value is -3.81. The summed E-state index contributed by atoms with van der Waals surface area (Å²) >= 11 is 0. The number of hydrogen-bond acceptors (Lipinski definition) is 5. The summed E-state index contributed by atoms with van der Waals surface area (Å²) in [7, 11) is 0. The summed E-state index contributed by atoms with van der Waals surface area (Å²) in [6.45, 7) is 1.34. The van der Waals surface area contributed by atoms with Crippen LogP contribution in [0.3, 0.4) is 0 Å². The molecule has 2 amide bonds. The number of piperidine rings is 1. The average Bonchev–Trinajstić information content (AvgIpc) is 3.42. The molecule has 5 rings (SSSR count). The first-order chi connectivity index (χ1) is 14.7. The number of carbonyl (C=O) groups is 2. The van der Waals surface area contributed by atoms with Crippen molar-refractivity contribution in [2.24, 2.45) is 5.92 Å². The molecule has 0 radical (unpaired) electrons. The second-order valence-corrected chi connectivity index (χ2v) is 7.42. The fraction of sp³-hybridized carbons (Fsp3) is 0.227. The molecule has 0 atom stereocenters. The van der Waals surface area contributed by atoms with Crippen molar-refractivity contribution in [2.45, 2.75) is 12.8 Å². The number of carbonyl (C=O) groups excluding carboxylic acids is 2. The predicted molar refractivity (Wildman–Crippen MR) is 113 cm³/mol. The van der Waals surface area contributed by atoms with Crippen LogP contribution in [0.25, 0.3) is 22.0 Å². The summed E-state index contributed by atoms with van der Waals surface area (Å²) in [5.41, 5.74) is 8.06. The number of H-pyrrole nitrogens is 1. The summed E-state index contributed by atoms with van der Waals surface area (Å²) < 4.78 is 5.81. The van der Waals surface area contributed by atoms with Gasteiger partial charge in [0.05, 0.1) is 5.56 Å². The standard InChI is InChI=1S/C22H21N5O3/c28-20(25-26-21(29)16-13-23-17-6-2-1-5-15(16)17)14-9-11-27(12-10-14)22-24-18-7-3-4-8-19(18)30-22/h1-8,13-14,23H,9-12H2,(H,25,28)(H,26,29). The summed E-state index contributed by atoms with van der Waals surface area (Å²) in [4.78, 5) is 34.6. The molecule has 30 heavy (non-hydrogen) atoms. The quantitative estimate of drug-likeness (QED) is 0.456. The molecule has 0 aliphatic carbocycles. The van der Waals surface area contributed by atoms with Crippen molar-refractivity contribution in [2.75, 3.05) is 18.0 Å². The van der Waals surface area contributed by atoms with E-state index in [4.69, 9.17) is 4.42 Å². The highest BCUT2D eigenvalue weighted by Crippen LogP contribution is 2.26. The van der Waals surface area contributed by atoms with Gasteiger partial charge in [0.15, 0.2) is 5.58 Å². The van der Waals surface area contributed by atoms with E-state index in [1.807, 2.05) is 53.4 Å². The maximum absolute atomic E-state index is 12.5. The van der Waals surface area contributed by atoms with Crippen LogP contribution < -0.4 is 15.8 Å². The molecule has 1 fully saturated rings. The molecular formula is C22H21N5O3. The smallest absolute Gasteiger partial charge is 0.298 e. The van der Waals surface area contributed by atoms with Crippen molar-refractivity contribution in [1.82, 2.24) is 20.8 Å². The molecule has 3 heterocycles. The molecule has 0 saturated carbocycles. The minimum Gasteiger partial charge on any atom is -0.423 e. The van der Waals surface area contributed by atoms with E-state index in [1.54, 1.807) is 6.20 Å². The Labute approximate surface area is 172 Å². The van der Waals surface area contributed by atoms with Crippen LogP contribution in [0.15, 0.2) is 59.1 Å². The number of benzene rings is 2. The van der Waals surface area contributed by atoms with Crippen LogP contribution in [-0.2, 0) is 4.79 Å². The molecule has 0 bridgehead atoms. The van der Waals surface area contributed by atoms with E-state index < -0.39 is 0 Å². The summed E-state index contributed by atoms with van der Waals surface area (Å²) in [5, 5.41) is 0.816. The molecule has 4 aromatic rings. The van der Waals surface area contributed by atoms with E-state index in [1.165, 1.54) is 0 Å². The van der Waals surface area contributed by atoms with Crippen molar-refractivity contribution in [3.63, 3.8) is 0 Å². The van der Waals surface area contributed by atoms with Crippen molar-refractivity contribution in [3.8, 4) is 0 Å². The fourth-order valence-corrected chi connectivity index (χ4v) is 3.88. The Kier molecular flexibility index (Phi) is 4.59. The van der Waals surface area contributed by atoms with Crippen molar-refractivity contribution >= 4 is 39.8 Å². The van der Waals surface area contributed by atoms with Gasteiger partial charge >= 0.3 is 0 Å². The number of aromatic nitrogens is 2. The molecule has 0 unspecified atom stereocenters. The molecule has 152 valence electrons. The minimum absolute atomic E-state index is 0.172. The van der Waals surface area contributed by atoms with Gasteiger partial charge in [0, 0.05) is 36.1 Å². The lowest BCUT2D eigenvalue weighted by Gasteiger charge is -2.30. The van der Waals surface area contributed by atoms with Crippen LogP contribution in [-0.4, -0.2) is 34.9 Å². The first-order valence-electron chi connectivity index (χ1n) is 9.96. The number of fused-ring (bicyclic) bond motifs is 2. The predicted octanol–water partition coefficient (Wildman–Crippen LogP) is 2.99. The first kappa shape index (κ1) is 18.2. The highest BCUT2D eigenvalue weighted by atomic mass is 16.4. The molecule has 1 saturated heterocycles. The Morgan fingerprint density at radius 3 is 2.63 bits per heavy atom. The second kappa shape index (κ2) is 7.55. The number of rotatable bonds is 3. The maximum Gasteiger partial charge on any atom is 0.298 e. The average molecular weight is 403 g/mol. The third kappa shape index (κ3) is 3.36. The van der Waals surface area contributed by atoms with Crippen LogP contribution in [0.2, 0.25) is 0 Å². The Morgan fingerprint density at radius 1 is 1.03 bits per heavy atom. The summed E-state index contributed by atoms with van der Waals surface area (Å²) in [6.07, 6.45) is 2.96. The SMILES string of the molecule is O=C(NNC(=O)C1CCN(c2nc3ccccc3o2)CC1)c1c[nH]c2ccccc12. The van der Waals surface area contributed by atoms with Gasteiger partial charge in [-0.3, -0.25) is 20.4 Å². The monoisotopic (exact) mass is 403 g/mol. The van der Waals surface area contributed by atoms with Gasteiger partial charge in [0.25, 0.3) is 11.9 Å². The van der Waals surface area contributed by atoms with E-state index in [2.05, 4.69) is 20.8 Å². The van der Waals surface area contributed by atoms with E-state index in [9.17, 15) is 9.59 Å². The van der Waals surface area contributed by atoms with Gasteiger partial charge in [-0.1, -0.05) is 30.3 Å². The number of para-hydroxylation sites is 3. The Bertz CT molecular complexity index is 1190. The molecule has 2 aromatic carbocycles. The fourth-order valence-electron chi connectivity index (χ4n) is 3.88. The zero-order valence-electron chi connectivity index (χ0n) is 16.2. The van der Waals surface area contributed by atoms with Crippen LogP contribution >= 0.6 is 0 Å². The van der Waals surface area contributed by atoms with Crippen molar-refractivity contribution in [1.29, 1.82) is 0 Å². The number of nitrogens with one attached hydrogen (secondary N) is 3. The molecule has 3 N–H and O–H groups in total. The lowest BCUT2D eigenvalue weighted by atomic mass is 9.96. The van der Waals surface area contributed by atoms with E-state index in [0.29, 0.717) is 37.5 Å². The molecule has 8 nitrogen and oxygen atoms in total. The minimum atomic E-state index is -0.343. The lowest BCUT2D eigenvalue weighted by Crippen LogP contribution is -2.47. The third-order valence-electron chi connectivity index (χ3n) is 5.55. The number of hydrogen-bond donors (Lipinski definition) is 3. The first-order valence-corrected chi connectivity index (χ1v) is 9.96. The van der Waals surface area contributed by atoms with E-state index in [0.717, 1.165) is 22.0 Å². The maximum atomic E-state index is 12.5. The van der Waals surface area contributed by atoms with E-state index in [-0.39, 0.29) is 17.7 Å². The van der Waals surface area contributed by atoms with Gasteiger partial charge < -0.3 is 14.3 Å². The Morgan fingerprint density at radius 2 is 1.80 bits per heavy atom. The largest absolute Gasteiger partial charge is 0.423 e. The number of anilines is 1. The van der Waals surface area contributed by atoms with E-state index >= 15 is 0 Å². The highest BCUT2D eigenvalue weighted by molar-refractivity contribution is 6.07.